The number of amides is 1. The van der Waals surface area contributed by atoms with Gasteiger partial charge in [-0.2, -0.15) is 0 Å². The fourth-order valence-electron chi connectivity index (χ4n) is 1.26. The van der Waals surface area contributed by atoms with E-state index in [-0.39, 0.29) is 18.3 Å². The molecule has 18 heavy (non-hydrogen) atoms. The van der Waals surface area contributed by atoms with Crippen molar-refractivity contribution >= 4 is 17.7 Å². The van der Waals surface area contributed by atoms with Gasteiger partial charge in [0.05, 0.1) is 6.20 Å². The topological polar surface area (TPSA) is 110 Å². The molecular formula is C10H9N5O3. The summed E-state index contributed by atoms with van der Waals surface area (Å²) < 4.78 is 1.12. The smallest absolute Gasteiger partial charge is 0.325 e. The van der Waals surface area contributed by atoms with Crippen LogP contribution < -0.4 is 5.32 Å². The van der Waals surface area contributed by atoms with E-state index in [4.69, 9.17) is 5.11 Å². The van der Waals surface area contributed by atoms with Gasteiger partial charge in [0.25, 0.3) is 5.91 Å². The van der Waals surface area contributed by atoms with Crippen LogP contribution in [0.4, 0.5) is 5.82 Å². The molecule has 2 aromatic rings. The van der Waals surface area contributed by atoms with Gasteiger partial charge in [-0.25, -0.2) is 4.68 Å². The summed E-state index contributed by atoms with van der Waals surface area (Å²) in [6.07, 6.45) is 4.33. The highest BCUT2D eigenvalue weighted by molar-refractivity contribution is 6.03. The fraction of sp³-hybridized carbons (Fsp3) is 0.100. The molecule has 0 atom stereocenters. The van der Waals surface area contributed by atoms with Crippen molar-refractivity contribution < 1.29 is 14.7 Å². The van der Waals surface area contributed by atoms with Crippen LogP contribution in [0.5, 0.6) is 0 Å². The van der Waals surface area contributed by atoms with Crippen molar-refractivity contribution in [1.82, 2.24) is 20.0 Å². The third-order valence-corrected chi connectivity index (χ3v) is 2.02. The van der Waals surface area contributed by atoms with Gasteiger partial charge in [-0.3, -0.25) is 14.6 Å². The van der Waals surface area contributed by atoms with Gasteiger partial charge in [-0.1, -0.05) is 5.21 Å². The van der Waals surface area contributed by atoms with Gasteiger partial charge in [0.15, 0.2) is 5.82 Å². The number of rotatable bonds is 4. The molecule has 2 heterocycles. The minimum absolute atomic E-state index is 0.193. The molecule has 8 nitrogen and oxygen atoms in total. The molecule has 0 aliphatic rings. The highest BCUT2D eigenvalue weighted by Gasteiger charge is 2.09. The molecule has 0 saturated carbocycles. The second-order valence-corrected chi connectivity index (χ2v) is 3.39. The number of anilines is 1. The summed E-state index contributed by atoms with van der Waals surface area (Å²) in [7, 11) is 0. The molecule has 0 spiro atoms. The summed E-state index contributed by atoms with van der Waals surface area (Å²) in [4.78, 5) is 25.9. The Labute approximate surface area is 101 Å². The summed E-state index contributed by atoms with van der Waals surface area (Å²) in [5, 5.41) is 18.2. The lowest BCUT2D eigenvalue weighted by molar-refractivity contribution is -0.137. The van der Waals surface area contributed by atoms with Crippen LogP contribution >= 0.6 is 0 Å². The molecule has 0 bridgehead atoms. The Balaban J connectivity index is 2.04. The predicted octanol–water partition coefficient (Wildman–Crippen LogP) is 0.0100. The van der Waals surface area contributed by atoms with Gasteiger partial charge in [-0.05, 0) is 12.1 Å². The number of hydrogen-bond acceptors (Lipinski definition) is 5. The Kier molecular flexibility index (Phi) is 3.28. The molecular weight excluding hydrogens is 238 g/mol. The SMILES string of the molecule is O=C(O)Cn1cc(NC(=O)c2ccncc2)nn1. The summed E-state index contributed by atoms with van der Waals surface area (Å²) in [6.45, 7) is -0.307. The van der Waals surface area contributed by atoms with E-state index in [1.807, 2.05) is 0 Å². The highest BCUT2D eigenvalue weighted by Crippen LogP contribution is 2.04. The van der Waals surface area contributed by atoms with Crippen LogP contribution in [0.25, 0.3) is 0 Å². The number of nitrogens with zero attached hydrogens (tertiary/aromatic N) is 4. The lowest BCUT2D eigenvalue weighted by atomic mass is 10.2. The average Bonchev–Trinajstić information content (AvgIpc) is 2.76. The zero-order valence-electron chi connectivity index (χ0n) is 9.15. The van der Waals surface area contributed by atoms with Crippen molar-refractivity contribution in [3.8, 4) is 0 Å². The first kappa shape index (κ1) is 11.7. The van der Waals surface area contributed by atoms with E-state index in [0.29, 0.717) is 5.56 Å². The van der Waals surface area contributed by atoms with Gasteiger partial charge in [0.1, 0.15) is 6.54 Å². The number of carbonyl (C=O) groups excluding carboxylic acids is 1. The number of pyridine rings is 1. The standard InChI is InChI=1S/C10H9N5O3/c16-9(17)6-15-5-8(13-14-15)12-10(18)7-1-3-11-4-2-7/h1-5H,6H2,(H,12,18)(H,16,17). The minimum Gasteiger partial charge on any atom is -0.480 e. The number of hydrogen-bond donors (Lipinski definition) is 2. The van der Waals surface area contributed by atoms with Crippen molar-refractivity contribution in [3.63, 3.8) is 0 Å². The van der Waals surface area contributed by atoms with Crippen LogP contribution in [-0.2, 0) is 11.3 Å². The van der Waals surface area contributed by atoms with E-state index in [1.165, 1.54) is 18.6 Å². The van der Waals surface area contributed by atoms with Crippen LogP contribution in [0.3, 0.4) is 0 Å². The maximum Gasteiger partial charge on any atom is 0.325 e. The van der Waals surface area contributed by atoms with Crippen molar-refractivity contribution in [1.29, 1.82) is 0 Å². The van der Waals surface area contributed by atoms with Crippen LogP contribution in [-0.4, -0.2) is 37.0 Å². The lowest BCUT2D eigenvalue weighted by Gasteiger charge is -1.99. The fourth-order valence-corrected chi connectivity index (χ4v) is 1.26. The zero-order valence-corrected chi connectivity index (χ0v) is 9.15. The second-order valence-electron chi connectivity index (χ2n) is 3.39. The maximum absolute atomic E-state index is 11.7. The van der Waals surface area contributed by atoms with Crippen molar-refractivity contribution in [2.45, 2.75) is 6.54 Å². The normalized spacial score (nSPS) is 10.0. The van der Waals surface area contributed by atoms with Crippen LogP contribution in [0, 0.1) is 0 Å². The Morgan fingerprint density at radius 2 is 2.06 bits per heavy atom. The van der Waals surface area contributed by atoms with Gasteiger partial charge >= 0.3 is 5.97 Å². The third-order valence-electron chi connectivity index (χ3n) is 2.02. The quantitative estimate of drug-likeness (QED) is 0.787. The maximum atomic E-state index is 11.7. The molecule has 0 aliphatic carbocycles. The number of nitrogens with one attached hydrogen (secondary N) is 1. The van der Waals surface area contributed by atoms with Gasteiger partial charge in [0.2, 0.25) is 0 Å². The average molecular weight is 247 g/mol. The molecule has 0 radical (unpaired) electrons. The number of aliphatic carboxylic acids is 1. The Bertz CT molecular complexity index is 566. The summed E-state index contributed by atoms with van der Waals surface area (Å²) in [5.74, 6) is -1.20. The number of carboxylic acid groups (broad SMARTS) is 1. The van der Waals surface area contributed by atoms with Crippen LogP contribution in [0.15, 0.2) is 30.7 Å². The molecule has 0 fully saturated rings. The molecule has 2 N–H and O–H groups in total. The Morgan fingerprint density at radius 3 is 2.72 bits per heavy atom. The number of aromatic nitrogens is 4. The molecule has 2 rings (SSSR count). The van der Waals surface area contributed by atoms with E-state index in [9.17, 15) is 9.59 Å². The zero-order chi connectivity index (χ0) is 13.0. The van der Waals surface area contributed by atoms with Crippen LogP contribution in [0.1, 0.15) is 10.4 Å². The lowest BCUT2D eigenvalue weighted by Crippen LogP contribution is -2.12. The van der Waals surface area contributed by atoms with Crippen LogP contribution in [0.2, 0.25) is 0 Å². The molecule has 92 valence electrons. The largest absolute Gasteiger partial charge is 0.480 e. The molecule has 0 saturated heterocycles. The van der Waals surface area contributed by atoms with Gasteiger partial charge in [0, 0.05) is 18.0 Å². The highest BCUT2D eigenvalue weighted by atomic mass is 16.4. The Hall–Kier alpha value is -2.77. The molecule has 1 amide bonds. The van der Waals surface area contributed by atoms with E-state index < -0.39 is 5.97 Å². The number of carbonyl (C=O) groups is 2. The third kappa shape index (κ3) is 2.88. The van der Waals surface area contributed by atoms with E-state index >= 15 is 0 Å². The summed E-state index contributed by atoms with van der Waals surface area (Å²) >= 11 is 0. The summed E-state index contributed by atoms with van der Waals surface area (Å²) in [6, 6.07) is 3.11. The minimum atomic E-state index is -1.04. The van der Waals surface area contributed by atoms with E-state index in [0.717, 1.165) is 4.68 Å². The molecule has 0 unspecified atom stereocenters. The van der Waals surface area contributed by atoms with Gasteiger partial charge < -0.3 is 10.4 Å². The van der Waals surface area contributed by atoms with E-state index in [1.54, 1.807) is 12.1 Å². The Morgan fingerprint density at radius 1 is 1.33 bits per heavy atom. The monoisotopic (exact) mass is 247 g/mol. The first-order chi connectivity index (χ1) is 8.65. The first-order valence-corrected chi connectivity index (χ1v) is 4.98. The van der Waals surface area contributed by atoms with Crippen molar-refractivity contribution in [3.05, 3.63) is 36.3 Å². The first-order valence-electron chi connectivity index (χ1n) is 4.98. The second kappa shape index (κ2) is 5.04. The van der Waals surface area contributed by atoms with Crippen molar-refractivity contribution in [2.24, 2.45) is 0 Å². The molecule has 2 aromatic heterocycles. The summed E-state index contributed by atoms with van der Waals surface area (Å²) in [5.41, 5.74) is 0.429. The molecule has 0 aliphatic heterocycles. The molecule has 0 aromatic carbocycles. The molecule has 8 heteroatoms. The number of carboxylic acids is 1. The van der Waals surface area contributed by atoms with E-state index in [2.05, 4.69) is 20.6 Å². The van der Waals surface area contributed by atoms with Gasteiger partial charge in [-0.15, -0.1) is 5.10 Å². The predicted molar refractivity (Wildman–Crippen MR) is 59.8 cm³/mol. The van der Waals surface area contributed by atoms with Crippen molar-refractivity contribution in [2.75, 3.05) is 5.32 Å².